The molecule has 0 spiro atoms. The van der Waals surface area contributed by atoms with Crippen molar-refractivity contribution < 1.29 is 9.53 Å². The molecule has 6 nitrogen and oxygen atoms in total. The Balaban J connectivity index is 2.47. The number of anilines is 1. The van der Waals surface area contributed by atoms with Crippen LogP contribution in [0, 0.1) is 5.92 Å². The van der Waals surface area contributed by atoms with Crippen molar-refractivity contribution in [2.24, 2.45) is 5.92 Å². The molecule has 88 valence electrons. The molecular weight excluding hydrogens is 208 g/mol. The van der Waals surface area contributed by atoms with Crippen molar-refractivity contribution in [2.45, 2.75) is 6.92 Å². The highest BCUT2D eigenvalue weighted by Gasteiger charge is 2.09. The smallest absolute Gasteiger partial charge is 0.271 e. The number of nitrogen functional groups attached to an aromatic ring is 1. The van der Waals surface area contributed by atoms with Gasteiger partial charge in [0.25, 0.3) is 5.91 Å². The fourth-order valence-electron chi connectivity index (χ4n) is 1.19. The van der Waals surface area contributed by atoms with Crippen molar-refractivity contribution in [3.63, 3.8) is 0 Å². The second kappa shape index (κ2) is 6.02. The van der Waals surface area contributed by atoms with Gasteiger partial charge in [0.2, 0.25) is 0 Å². The SMILES string of the molecule is COCC(C)CNC(=O)c1cncc(N)n1. The van der Waals surface area contributed by atoms with Gasteiger partial charge < -0.3 is 15.8 Å². The summed E-state index contributed by atoms with van der Waals surface area (Å²) in [6.07, 6.45) is 2.77. The molecule has 6 heteroatoms. The lowest BCUT2D eigenvalue weighted by atomic mass is 10.2. The van der Waals surface area contributed by atoms with E-state index in [1.807, 2.05) is 6.92 Å². The van der Waals surface area contributed by atoms with Crippen LogP contribution in [0.2, 0.25) is 0 Å². The molecule has 0 saturated carbocycles. The van der Waals surface area contributed by atoms with Gasteiger partial charge in [-0.15, -0.1) is 0 Å². The minimum Gasteiger partial charge on any atom is -0.384 e. The lowest BCUT2D eigenvalue weighted by Crippen LogP contribution is -2.30. The summed E-state index contributed by atoms with van der Waals surface area (Å²) in [4.78, 5) is 19.3. The zero-order chi connectivity index (χ0) is 12.0. The minimum atomic E-state index is -0.275. The molecule has 0 bridgehead atoms. The predicted octanol–water partition coefficient (Wildman–Crippen LogP) is 0.0711. The van der Waals surface area contributed by atoms with Crippen LogP contribution in [0.1, 0.15) is 17.4 Å². The number of rotatable bonds is 5. The highest BCUT2D eigenvalue weighted by molar-refractivity contribution is 5.92. The monoisotopic (exact) mass is 224 g/mol. The summed E-state index contributed by atoms with van der Waals surface area (Å²) in [5, 5.41) is 2.73. The zero-order valence-electron chi connectivity index (χ0n) is 9.43. The van der Waals surface area contributed by atoms with Gasteiger partial charge in [0, 0.05) is 13.7 Å². The Hall–Kier alpha value is -1.69. The molecule has 0 aliphatic heterocycles. The van der Waals surface area contributed by atoms with Gasteiger partial charge >= 0.3 is 0 Å². The van der Waals surface area contributed by atoms with Crippen molar-refractivity contribution in [1.29, 1.82) is 0 Å². The van der Waals surface area contributed by atoms with Crippen molar-refractivity contribution in [2.75, 3.05) is 26.0 Å². The topological polar surface area (TPSA) is 90.1 Å². The van der Waals surface area contributed by atoms with Gasteiger partial charge in [-0.1, -0.05) is 6.92 Å². The first kappa shape index (κ1) is 12.4. The normalized spacial score (nSPS) is 12.1. The van der Waals surface area contributed by atoms with E-state index >= 15 is 0 Å². The molecule has 1 atom stereocenters. The van der Waals surface area contributed by atoms with Crippen LogP contribution in [-0.2, 0) is 4.74 Å². The lowest BCUT2D eigenvalue weighted by molar-refractivity contribution is 0.0929. The summed E-state index contributed by atoms with van der Waals surface area (Å²) in [7, 11) is 1.63. The number of hydrogen-bond acceptors (Lipinski definition) is 5. The molecule has 1 heterocycles. The zero-order valence-corrected chi connectivity index (χ0v) is 9.43. The average molecular weight is 224 g/mol. The third-order valence-corrected chi connectivity index (χ3v) is 1.95. The fourth-order valence-corrected chi connectivity index (χ4v) is 1.19. The molecule has 1 unspecified atom stereocenters. The van der Waals surface area contributed by atoms with Gasteiger partial charge in [0.1, 0.15) is 11.5 Å². The van der Waals surface area contributed by atoms with Crippen LogP contribution in [-0.4, -0.2) is 36.1 Å². The second-order valence-corrected chi connectivity index (χ2v) is 3.60. The van der Waals surface area contributed by atoms with Gasteiger partial charge in [-0.25, -0.2) is 4.98 Å². The minimum absolute atomic E-state index is 0.226. The van der Waals surface area contributed by atoms with Crippen molar-refractivity contribution >= 4 is 11.7 Å². The first-order valence-corrected chi connectivity index (χ1v) is 4.98. The van der Waals surface area contributed by atoms with Crippen LogP contribution in [0.25, 0.3) is 0 Å². The number of methoxy groups -OCH3 is 1. The summed E-state index contributed by atoms with van der Waals surface area (Å²) in [5.41, 5.74) is 5.65. The molecule has 0 aliphatic carbocycles. The quantitative estimate of drug-likeness (QED) is 0.738. The summed E-state index contributed by atoms with van der Waals surface area (Å²) in [6, 6.07) is 0. The van der Waals surface area contributed by atoms with E-state index in [9.17, 15) is 4.79 Å². The van der Waals surface area contributed by atoms with Crippen LogP contribution in [0.4, 0.5) is 5.82 Å². The Morgan fingerprint density at radius 3 is 3.00 bits per heavy atom. The summed E-state index contributed by atoms with van der Waals surface area (Å²) in [5.74, 6) is 0.211. The van der Waals surface area contributed by atoms with E-state index in [2.05, 4.69) is 15.3 Å². The molecule has 0 aliphatic rings. The molecule has 1 aromatic heterocycles. The van der Waals surface area contributed by atoms with Crippen LogP contribution < -0.4 is 11.1 Å². The Labute approximate surface area is 94.2 Å². The Morgan fingerprint density at radius 1 is 1.62 bits per heavy atom. The number of nitrogens with one attached hydrogen (secondary N) is 1. The third kappa shape index (κ3) is 3.82. The Morgan fingerprint density at radius 2 is 2.38 bits per heavy atom. The van der Waals surface area contributed by atoms with E-state index in [0.717, 1.165) is 0 Å². The number of carbonyl (C=O) groups is 1. The van der Waals surface area contributed by atoms with Gasteiger partial charge in [0.15, 0.2) is 0 Å². The van der Waals surface area contributed by atoms with E-state index in [1.54, 1.807) is 7.11 Å². The highest BCUT2D eigenvalue weighted by Crippen LogP contribution is 1.98. The van der Waals surface area contributed by atoms with Gasteiger partial charge in [-0.3, -0.25) is 9.78 Å². The molecule has 16 heavy (non-hydrogen) atoms. The van der Waals surface area contributed by atoms with E-state index in [0.29, 0.717) is 13.2 Å². The number of ether oxygens (including phenoxy) is 1. The molecule has 1 aromatic rings. The fraction of sp³-hybridized carbons (Fsp3) is 0.500. The summed E-state index contributed by atoms with van der Waals surface area (Å²) in [6.45, 7) is 3.11. The molecule has 3 N–H and O–H groups in total. The van der Waals surface area contributed by atoms with E-state index < -0.39 is 0 Å². The van der Waals surface area contributed by atoms with Crippen LogP contribution in [0.5, 0.6) is 0 Å². The van der Waals surface area contributed by atoms with Crippen LogP contribution in [0.15, 0.2) is 12.4 Å². The third-order valence-electron chi connectivity index (χ3n) is 1.95. The first-order valence-electron chi connectivity index (χ1n) is 4.98. The molecule has 0 fully saturated rings. The number of hydrogen-bond donors (Lipinski definition) is 2. The van der Waals surface area contributed by atoms with E-state index in [4.69, 9.17) is 10.5 Å². The number of amides is 1. The second-order valence-electron chi connectivity index (χ2n) is 3.60. The number of nitrogens with two attached hydrogens (primary N) is 1. The van der Waals surface area contributed by atoms with Gasteiger partial charge in [0.05, 0.1) is 19.0 Å². The van der Waals surface area contributed by atoms with E-state index in [-0.39, 0.29) is 23.3 Å². The van der Waals surface area contributed by atoms with Gasteiger partial charge in [-0.2, -0.15) is 0 Å². The number of carbonyl (C=O) groups excluding carboxylic acids is 1. The average Bonchev–Trinajstić information content (AvgIpc) is 2.26. The van der Waals surface area contributed by atoms with Crippen molar-refractivity contribution in [3.8, 4) is 0 Å². The lowest BCUT2D eigenvalue weighted by Gasteiger charge is -2.10. The largest absolute Gasteiger partial charge is 0.384 e. The van der Waals surface area contributed by atoms with Crippen molar-refractivity contribution in [3.05, 3.63) is 18.1 Å². The van der Waals surface area contributed by atoms with Crippen LogP contribution in [0.3, 0.4) is 0 Å². The maximum atomic E-state index is 11.6. The molecule has 0 radical (unpaired) electrons. The maximum Gasteiger partial charge on any atom is 0.271 e. The Bertz CT molecular complexity index is 356. The van der Waals surface area contributed by atoms with E-state index in [1.165, 1.54) is 12.4 Å². The predicted molar refractivity (Wildman–Crippen MR) is 59.8 cm³/mol. The standard InChI is InChI=1S/C10H16N4O2/c1-7(6-16-2)3-13-10(15)8-4-12-5-9(11)14-8/h4-5,7H,3,6H2,1-2H3,(H2,11,14)(H,13,15). The highest BCUT2D eigenvalue weighted by atomic mass is 16.5. The summed E-state index contributed by atoms with van der Waals surface area (Å²) < 4.78 is 4.96. The molecule has 1 rings (SSSR count). The first-order chi connectivity index (χ1) is 7.63. The molecule has 1 amide bonds. The Kier molecular flexibility index (Phi) is 4.65. The van der Waals surface area contributed by atoms with Crippen molar-refractivity contribution in [1.82, 2.24) is 15.3 Å². The molecular formula is C10H16N4O2. The summed E-state index contributed by atoms with van der Waals surface area (Å²) >= 11 is 0. The number of nitrogens with zero attached hydrogens (tertiary/aromatic N) is 2. The molecule has 0 aromatic carbocycles. The van der Waals surface area contributed by atoms with Gasteiger partial charge in [-0.05, 0) is 5.92 Å². The number of aromatic nitrogens is 2. The van der Waals surface area contributed by atoms with Crippen LogP contribution >= 0.6 is 0 Å². The maximum absolute atomic E-state index is 11.6. The molecule has 0 saturated heterocycles.